The molecule has 7 heteroatoms. The molecule has 1 aliphatic carbocycles. The summed E-state index contributed by atoms with van der Waals surface area (Å²) in [7, 11) is 0. The summed E-state index contributed by atoms with van der Waals surface area (Å²) in [6.45, 7) is 0. The molecule has 1 heterocycles. The van der Waals surface area contributed by atoms with Crippen molar-refractivity contribution in [3.8, 4) is 0 Å². The number of aromatic nitrogens is 3. The Morgan fingerprint density at radius 3 is 2.13 bits per heavy atom. The van der Waals surface area contributed by atoms with E-state index < -0.39 is 16.9 Å². The molecule has 0 radical (unpaired) electrons. The standard InChI is InChI=1S/C8H12N4O2S/c9-5(15)8(3-1-2-4-8)12-6(13)10-11-7(12)14/h1-4H2,(H2,9,15)(H,10,13)(H,11,14). The van der Waals surface area contributed by atoms with Crippen LogP contribution < -0.4 is 17.1 Å². The van der Waals surface area contributed by atoms with E-state index in [1.165, 1.54) is 0 Å². The summed E-state index contributed by atoms with van der Waals surface area (Å²) in [5, 5.41) is 4.50. The Bertz CT molecular complexity index is 464. The first-order valence-corrected chi connectivity index (χ1v) is 5.19. The van der Waals surface area contributed by atoms with Gasteiger partial charge in [0.2, 0.25) is 0 Å². The van der Waals surface area contributed by atoms with Gasteiger partial charge >= 0.3 is 11.4 Å². The average Bonchev–Trinajstić information content (AvgIpc) is 2.74. The molecule has 82 valence electrons. The molecule has 1 aromatic heterocycles. The first kappa shape index (κ1) is 10.2. The van der Waals surface area contributed by atoms with Gasteiger partial charge in [-0.25, -0.2) is 24.4 Å². The molecule has 0 unspecified atom stereocenters. The topological polar surface area (TPSA) is 96.7 Å². The number of nitrogens with zero attached hydrogens (tertiary/aromatic N) is 1. The van der Waals surface area contributed by atoms with Gasteiger partial charge in [0.15, 0.2) is 0 Å². The van der Waals surface area contributed by atoms with E-state index in [1.54, 1.807) is 0 Å². The number of hydrogen-bond acceptors (Lipinski definition) is 3. The number of aromatic amines is 2. The third-order valence-corrected chi connectivity index (χ3v) is 3.38. The molecule has 1 aromatic rings. The maximum atomic E-state index is 11.5. The Morgan fingerprint density at radius 1 is 1.27 bits per heavy atom. The van der Waals surface area contributed by atoms with Crippen LogP contribution in [-0.4, -0.2) is 19.8 Å². The monoisotopic (exact) mass is 228 g/mol. The Labute approximate surface area is 90.5 Å². The van der Waals surface area contributed by atoms with Crippen LogP contribution in [0.2, 0.25) is 0 Å². The van der Waals surface area contributed by atoms with Crippen molar-refractivity contribution in [3.05, 3.63) is 21.0 Å². The second kappa shape index (κ2) is 3.34. The van der Waals surface area contributed by atoms with E-state index in [4.69, 9.17) is 18.0 Å². The third kappa shape index (κ3) is 1.34. The predicted octanol–water partition coefficient (Wildman–Crippen LogP) is -0.580. The van der Waals surface area contributed by atoms with Crippen molar-refractivity contribution in [3.63, 3.8) is 0 Å². The first-order chi connectivity index (χ1) is 7.08. The lowest BCUT2D eigenvalue weighted by atomic mass is 9.97. The number of hydrogen-bond donors (Lipinski definition) is 3. The summed E-state index contributed by atoms with van der Waals surface area (Å²) in [5.41, 5.74) is 3.95. The fourth-order valence-electron chi connectivity index (χ4n) is 2.24. The van der Waals surface area contributed by atoms with E-state index in [1.807, 2.05) is 0 Å². The van der Waals surface area contributed by atoms with E-state index in [-0.39, 0.29) is 4.99 Å². The number of thiocarbonyl (C=S) groups is 1. The van der Waals surface area contributed by atoms with Gasteiger partial charge in [0.05, 0.1) is 4.99 Å². The summed E-state index contributed by atoms with van der Waals surface area (Å²) in [4.78, 5) is 23.2. The number of rotatable bonds is 2. The van der Waals surface area contributed by atoms with Gasteiger partial charge in [-0.05, 0) is 12.8 Å². The van der Waals surface area contributed by atoms with Gasteiger partial charge in [-0.2, -0.15) is 0 Å². The largest absolute Gasteiger partial charge is 0.391 e. The van der Waals surface area contributed by atoms with Crippen molar-refractivity contribution in [2.45, 2.75) is 31.2 Å². The molecule has 0 saturated heterocycles. The summed E-state index contributed by atoms with van der Waals surface area (Å²) in [5.74, 6) is 0. The minimum atomic E-state index is -0.764. The molecular formula is C8H12N4O2S. The molecule has 1 fully saturated rings. The fraction of sp³-hybridized carbons (Fsp3) is 0.625. The van der Waals surface area contributed by atoms with E-state index in [0.717, 1.165) is 17.4 Å². The molecule has 0 spiro atoms. The quantitative estimate of drug-likeness (QED) is 0.590. The molecule has 0 amide bonds. The lowest BCUT2D eigenvalue weighted by Gasteiger charge is -2.26. The van der Waals surface area contributed by atoms with Gasteiger partial charge in [-0.3, -0.25) is 0 Å². The van der Waals surface area contributed by atoms with Crippen LogP contribution in [0.5, 0.6) is 0 Å². The fourth-order valence-corrected chi connectivity index (χ4v) is 2.54. The maximum Gasteiger partial charge on any atom is 0.345 e. The average molecular weight is 228 g/mol. The van der Waals surface area contributed by atoms with E-state index >= 15 is 0 Å². The lowest BCUT2D eigenvalue weighted by molar-refractivity contribution is 0.395. The molecule has 0 bridgehead atoms. The van der Waals surface area contributed by atoms with Crippen molar-refractivity contribution in [2.24, 2.45) is 5.73 Å². The van der Waals surface area contributed by atoms with E-state index in [0.29, 0.717) is 12.8 Å². The van der Waals surface area contributed by atoms with Gasteiger partial charge < -0.3 is 5.73 Å². The highest BCUT2D eigenvalue weighted by Gasteiger charge is 2.41. The molecule has 2 rings (SSSR count). The summed E-state index contributed by atoms with van der Waals surface area (Å²) < 4.78 is 1.11. The second-order valence-corrected chi connectivity index (χ2v) is 4.24. The first-order valence-electron chi connectivity index (χ1n) is 4.78. The van der Waals surface area contributed by atoms with Gasteiger partial charge in [0.25, 0.3) is 0 Å². The molecule has 6 nitrogen and oxygen atoms in total. The smallest absolute Gasteiger partial charge is 0.345 e. The van der Waals surface area contributed by atoms with E-state index in [2.05, 4.69) is 10.2 Å². The van der Waals surface area contributed by atoms with Crippen LogP contribution in [0.1, 0.15) is 25.7 Å². The Kier molecular flexibility index (Phi) is 2.26. The molecule has 0 atom stereocenters. The zero-order chi connectivity index (χ0) is 11.1. The minimum absolute atomic E-state index is 0.215. The highest BCUT2D eigenvalue weighted by Crippen LogP contribution is 2.34. The Morgan fingerprint density at radius 2 is 1.73 bits per heavy atom. The van der Waals surface area contributed by atoms with Gasteiger partial charge in [-0.1, -0.05) is 25.1 Å². The Hall–Kier alpha value is -1.37. The zero-order valence-electron chi connectivity index (χ0n) is 8.08. The van der Waals surface area contributed by atoms with E-state index in [9.17, 15) is 9.59 Å². The normalized spacial score (nSPS) is 19.2. The SMILES string of the molecule is NC(=S)C1(n2c(=O)[nH][nH]c2=O)CCCC1. The van der Waals surface area contributed by atoms with Crippen LogP contribution in [0, 0.1) is 0 Å². The number of nitrogens with two attached hydrogens (primary N) is 1. The molecule has 0 aliphatic heterocycles. The third-order valence-electron chi connectivity index (χ3n) is 3.00. The van der Waals surface area contributed by atoms with Crippen LogP contribution in [-0.2, 0) is 5.54 Å². The number of nitrogens with one attached hydrogen (secondary N) is 2. The van der Waals surface area contributed by atoms with Crippen LogP contribution in [0.4, 0.5) is 0 Å². The molecule has 1 saturated carbocycles. The molecular weight excluding hydrogens is 216 g/mol. The summed E-state index contributed by atoms with van der Waals surface area (Å²) in [6.07, 6.45) is 3.16. The van der Waals surface area contributed by atoms with Gasteiger partial charge in [0.1, 0.15) is 5.54 Å². The molecule has 15 heavy (non-hydrogen) atoms. The van der Waals surface area contributed by atoms with Crippen molar-refractivity contribution >= 4 is 17.2 Å². The van der Waals surface area contributed by atoms with Crippen LogP contribution in [0.25, 0.3) is 0 Å². The minimum Gasteiger partial charge on any atom is -0.391 e. The maximum absolute atomic E-state index is 11.5. The highest BCUT2D eigenvalue weighted by atomic mass is 32.1. The van der Waals surface area contributed by atoms with Crippen molar-refractivity contribution in [2.75, 3.05) is 0 Å². The van der Waals surface area contributed by atoms with Crippen LogP contribution in [0.15, 0.2) is 9.59 Å². The van der Waals surface area contributed by atoms with Crippen molar-refractivity contribution < 1.29 is 0 Å². The molecule has 4 N–H and O–H groups in total. The van der Waals surface area contributed by atoms with Gasteiger partial charge in [-0.15, -0.1) is 0 Å². The summed E-state index contributed by atoms with van der Waals surface area (Å²) >= 11 is 4.99. The lowest BCUT2D eigenvalue weighted by Crippen LogP contribution is -2.51. The molecule has 1 aliphatic rings. The van der Waals surface area contributed by atoms with Gasteiger partial charge in [0, 0.05) is 0 Å². The predicted molar refractivity (Wildman–Crippen MR) is 58.9 cm³/mol. The van der Waals surface area contributed by atoms with Crippen LogP contribution >= 0.6 is 12.2 Å². The second-order valence-electron chi connectivity index (χ2n) is 3.80. The zero-order valence-corrected chi connectivity index (χ0v) is 8.89. The van der Waals surface area contributed by atoms with Crippen LogP contribution in [0.3, 0.4) is 0 Å². The summed E-state index contributed by atoms with van der Waals surface area (Å²) in [6, 6.07) is 0. The Balaban J connectivity index is 2.65. The highest BCUT2D eigenvalue weighted by molar-refractivity contribution is 7.80. The van der Waals surface area contributed by atoms with Crippen molar-refractivity contribution in [1.29, 1.82) is 0 Å². The van der Waals surface area contributed by atoms with Crippen molar-refractivity contribution in [1.82, 2.24) is 14.8 Å². The molecule has 0 aromatic carbocycles. The number of H-pyrrole nitrogens is 2.